The van der Waals surface area contributed by atoms with Gasteiger partial charge in [0.2, 0.25) is 0 Å². The maximum absolute atomic E-state index is 12.9. The minimum Gasteiger partial charge on any atom is -0.497 e. The summed E-state index contributed by atoms with van der Waals surface area (Å²) in [6, 6.07) is 6.83. The zero-order valence-corrected chi connectivity index (χ0v) is 16.9. The second kappa shape index (κ2) is 8.70. The van der Waals surface area contributed by atoms with Gasteiger partial charge >= 0.3 is 5.97 Å². The Morgan fingerprint density at radius 1 is 1.21 bits per heavy atom. The molecule has 0 unspecified atom stereocenters. The van der Waals surface area contributed by atoms with Crippen LogP contribution in [0.3, 0.4) is 0 Å². The molecule has 2 heterocycles. The average Bonchev–Trinajstić information content (AvgIpc) is 3.35. The van der Waals surface area contributed by atoms with Crippen molar-refractivity contribution >= 4 is 34.1 Å². The maximum Gasteiger partial charge on any atom is 0.340 e. The number of H-pyrrole nitrogens is 1. The van der Waals surface area contributed by atoms with Gasteiger partial charge in [-0.05, 0) is 31.5 Å². The fraction of sp³-hybridized carbons (Fsp3) is 0.200. The highest BCUT2D eigenvalue weighted by molar-refractivity contribution is 7.13. The second-order valence-corrected chi connectivity index (χ2v) is 6.84. The first-order valence-electron chi connectivity index (χ1n) is 8.75. The largest absolute Gasteiger partial charge is 0.497 e. The molecule has 0 bridgehead atoms. The minimum absolute atomic E-state index is 0.00442. The summed E-state index contributed by atoms with van der Waals surface area (Å²) in [6.45, 7) is 3.52. The Morgan fingerprint density at radius 3 is 2.52 bits per heavy atom. The predicted molar refractivity (Wildman–Crippen MR) is 109 cm³/mol. The van der Waals surface area contributed by atoms with E-state index in [-0.39, 0.29) is 17.9 Å². The number of rotatable bonds is 7. The number of thiazole rings is 1. The number of amides is 1. The molecule has 0 saturated heterocycles. The van der Waals surface area contributed by atoms with Crippen molar-refractivity contribution in [2.45, 2.75) is 13.8 Å². The van der Waals surface area contributed by atoms with Crippen LogP contribution in [0.2, 0.25) is 0 Å². The van der Waals surface area contributed by atoms with Crippen LogP contribution >= 0.6 is 11.3 Å². The number of ketones is 1. The van der Waals surface area contributed by atoms with Crippen molar-refractivity contribution < 1.29 is 23.9 Å². The number of carbonyl (C=O) groups excluding carboxylic acids is 3. The Balaban J connectivity index is 2.08. The topological polar surface area (TPSA) is 110 Å². The van der Waals surface area contributed by atoms with Crippen LogP contribution in [-0.2, 0) is 9.53 Å². The van der Waals surface area contributed by atoms with Gasteiger partial charge in [0.15, 0.2) is 5.13 Å². The van der Waals surface area contributed by atoms with E-state index in [9.17, 15) is 14.4 Å². The van der Waals surface area contributed by atoms with Crippen molar-refractivity contribution in [1.29, 1.82) is 0 Å². The number of carbonyl (C=O) groups is 3. The van der Waals surface area contributed by atoms with Gasteiger partial charge in [0.05, 0.1) is 19.3 Å². The molecule has 9 heteroatoms. The van der Waals surface area contributed by atoms with E-state index in [1.165, 1.54) is 24.6 Å². The molecule has 1 aromatic carbocycles. The third-order valence-corrected chi connectivity index (χ3v) is 4.82. The number of Topliss-reactive ketones (excluding diaryl/α,β-unsaturated/α-hetero) is 1. The fourth-order valence-corrected chi connectivity index (χ4v) is 3.38. The molecule has 0 aliphatic heterocycles. The molecular weight excluding hydrogens is 394 g/mol. The van der Waals surface area contributed by atoms with E-state index < -0.39 is 17.7 Å². The number of nitrogens with one attached hydrogen (secondary N) is 2. The van der Waals surface area contributed by atoms with Crippen molar-refractivity contribution in [1.82, 2.24) is 9.97 Å². The number of nitrogens with zero attached hydrogens (tertiary/aromatic N) is 1. The van der Waals surface area contributed by atoms with Crippen molar-refractivity contribution in [2.24, 2.45) is 0 Å². The standard InChI is InChI=1S/C20H19N3O5S/c1-4-28-19(26)14-11(2)22-16(15(14)12-5-7-13(27-3)8-6-12)17(24)18(25)23-20-21-9-10-29-20/h5-10,22H,4H2,1-3H3,(H,21,23,25). The Kier molecular flexibility index (Phi) is 6.08. The van der Waals surface area contributed by atoms with Crippen molar-refractivity contribution in [3.05, 3.63) is 52.8 Å². The lowest BCUT2D eigenvalue weighted by Crippen LogP contribution is -2.23. The number of aromatic nitrogens is 2. The lowest BCUT2D eigenvalue weighted by molar-refractivity contribution is -0.112. The van der Waals surface area contributed by atoms with Crippen LogP contribution in [0.25, 0.3) is 11.1 Å². The summed E-state index contributed by atoms with van der Waals surface area (Å²) in [7, 11) is 1.54. The number of benzene rings is 1. The molecule has 0 radical (unpaired) electrons. The number of aromatic amines is 1. The van der Waals surface area contributed by atoms with Crippen molar-refractivity contribution in [2.75, 3.05) is 19.0 Å². The molecule has 0 atom stereocenters. The van der Waals surface area contributed by atoms with Crippen LogP contribution in [-0.4, -0.2) is 41.3 Å². The highest BCUT2D eigenvalue weighted by atomic mass is 32.1. The lowest BCUT2D eigenvalue weighted by atomic mass is 9.98. The summed E-state index contributed by atoms with van der Waals surface area (Å²) in [5.74, 6) is -1.63. The van der Waals surface area contributed by atoms with Crippen molar-refractivity contribution in [3.63, 3.8) is 0 Å². The number of ether oxygens (including phenoxy) is 2. The first kappa shape index (κ1) is 20.3. The molecule has 0 aliphatic rings. The lowest BCUT2D eigenvalue weighted by Gasteiger charge is -2.09. The van der Waals surface area contributed by atoms with Gasteiger partial charge in [0.25, 0.3) is 11.7 Å². The molecule has 150 valence electrons. The van der Waals surface area contributed by atoms with E-state index in [4.69, 9.17) is 9.47 Å². The summed E-state index contributed by atoms with van der Waals surface area (Å²) in [5.41, 5.74) is 1.53. The van der Waals surface area contributed by atoms with Crippen LogP contribution in [0, 0.1) is 6.92 Å². The van der Waals surface area contributed by atoms with E-state index in [0.717, 1.165) is 0 Å². The minimum atomic E-state index is -0.855. The molecule has 3 rings (SSSR count). The van der Waals surface area contributed by atoms with Gasteiger partial charge in [-0.25, -0.2) is 9.78 Å². The van der Waals surface area contributed by atoms with Gasteiger partial charge in [-0.15, -0.1) is 11.3 Å². The Labute approximate surface area is 170 Å². The Bertz CT molecular complexity index is 1040. The van der Waals surface area contributed by atoms with E-state index in [0.29, 0.717) is 27.7 Å². The zero-order valence-electron chi connectivity index (χ0n) is 16.1. The molecule has 8 nitrogen and oxygen atoms in total. The highest BCUT2D eigenvalue weighted by Crippen LogP contribution is 2.32. The van der Waals surface area contributed by atoms with E-state index in [1.807, 2.05) is 0 Å². The maximum atomic E-state index is 12.9. The molecule has 0 spiro atoms. The first-order chi connectivity index (χ1) is 14.0. The number of methoxy groups -OCH3 is 1. The molecule has 0 saturated carbocycles. The van der Waals surface area contributed by atoms with Gasteiger partial charge in [-0.3, -0.25) is 14.9 Å². The molecule has 29 heavy (non-hydrogen) atoms. The number of aryl methyl sites for hydroxylation is 1. The Hall–Kier alpha value is -3.46. The monoisotopic (exact) mass is 413 g/mol. The summed E-state index contributed by atoms with van der Waals surface area (Å²) in [4.78, 5) is 44.7. The van der Waals surface area contributed by atoms with Gasteiger partial charge in [0, 0.05) is 22.8 Å². The molecule has 1 amide bonds. The molecule has 2 N–H and O–H groups in total. The molecule has 3 aromatic rings. The van der Waals surface area contributed by atoms with Gasteiger partial charge < -0.3 is 14.5 Å². The Morgan fingerprint density at radius 2 is 1.93 bits per heavy atom. The summed E-state index contributed by atoms with van der Waals surface area (Å²) >= 11 is 1.19. The van der Waals surface area contributed by atoms with E-state index in [1.54, 1.807) is 43.5 Å². The molecule has 0 aliphatic carbocycles. The van der Waals surface area contributed by atoms with Gasteiger partial charge in [-0.2, -0.15) is 0 Å². The average molecular weight is 413 g/mol. The fourth-order valence-electron chi connectivity index (χ4n) is 2.85. The van der Waals surface area contributed by atoms with Gasteiger partial charge in [0.1, 0.15) is 11.4 Å². The second-order valence-electron chi connectivity index (χ2n) is 5.94. The summed E-state index contributed by atoms with van der Waals surface area (Å²) in [6.07, 6.45) is 1.52. The van der Waals surface area contributed by atoms with E-state index >= 15 is 0 Å². The normalized spacial score (nSPS) is 10.4. The number of hydrogen-bond acceptors (Lipinski definition) is 7. The number of anilines is 1. The first-order valence-corrected chi connectivity index (χ1v) is 9.63. The predicted octanol–water partition coefficient (Wildman–Crippen LogP) is 3.45. The SMILES string of the molecule is CCOC(=O)c1c(C)[nH]c(C(=O)C(=O)Nc2nccs2)c1-c1ccc(OC)cc1. The number of hydrogen-bond donors (Lipinski definition) is 2. The summed E-state index contributed by atoms with van der Waals surface area (Å²) < 4.78 is 10.3. The van der Waals surface area contributed by atoms with Crippen LogP contribution in [0.15, 0.2) is 35.8 Å². The van der Waals surface area contributed by atoms with Crippen LogP contribution in [0.4, 0.5) is 5.13 Å². The molecule has 0 fully saturated rings. The zero-order chi connectivity index (χ0) is 21.0. The molecule has 2 aromatic heterocycles. The van der Waals surface area contributed by atoms with Gasteiger partial charge in [-0.1, -0.05) is 12.1 Å². The number of esters is 1. The smallest absolute Gasteiger partial charge is 0.340 e. The molecular formula is C20H19N3O5S. The van der Waals surface area contributed by atoms with Crippen LogP contribution in [0.5, 0.6) is 5.75 Å². The highest BCUT2D eigenvalue weighted by Gasteiger charge is 2.30. The van der Waals surface area contributed by atoms with Crippen LogP contribution < -0.4 is 10.1 Å². The third kappa shape index (κ3) is 4.19. The van der Waals surface area contributed by atoms with E-state index in [2.05, 4.69) is 15.3 Å². The van der Waals surface area contributed by atoms with Crippen molar-refractivity contribution in [3.8, 4) is 16.9 Å². The quantitative estimate of drug-likeness (QED) is 0.349. The third-order valence-electron chi connectivity index (χ3n) is 4.13. The van der Waals surface area contributed by atoms with Crippen LogP contribution in [0.1, 0.15) is 33.5 Å². The summed E-state index contributed by atoms with van der Waals surface area (Å²) in [5, 5.41) is 4.45.